The number of hydrogen-bond donors (Lipinski definition) is 1. The molecule has 1 N–H and O–H groups in total. The molecular weight excluding hydrogens is 573 g/mol. The fraction of sp³-hybridized carbons (Fsp3) is 0.792. The molecule has 3 atom stereocenters. The fourth-order valence-corrected chi connectivity index (χ4v) is 4.52. The van der Waals surface area contributed by atoms with Gasteiger partial charge in [0.1, 0.15) is 6.10 Å². The highest BCUT2D eigenvalue weighted by atomic mass is 31.2. The minimum atomic E-state index is -4.70. The summed E-state index contributed by atoms with van der Waals surface area (Å²) in [4.78, 5) is 48.1. The van der Waals surface area contributed by atoms with Crippen LogP contribution in [0.4, 0.5) is 9.59 Å². The SMILES string of the molecule is CC(C)OC(=O)OCOP(=O)(OCOC(=O)OC(C)C)OCOC(=O)C(C)(C)C1C(C#N)OCC1C(C)(C)C(=O)O. The van der Waals surface area contributed by atoms with E-state index in [1.807, 2.05) is 6.07 Å². The number of esters is 1. The number of aliphatic carboxylic acids is 1. The van der Waals surface area contributed by atoms with Crippen molar-refractivity contribution < 1.29 is 70.8 Å². The largest absolute Gasteiger partial charge is 0.510 e. The molecule has 16 nitrogen and oxygen atoms in total. The molecule has 0 saturated carbocycles. The molecule has 0 amide bonds. The average molecular weight is 612 g/mol. The zero-order valence-corrected chi connectivity index (χ0v) is 25.2. The number of carboxylic acids is 1. The van der Waals surface area contributed by atoms with Crippen LogP contribution < -0.4 is 0 Å². The highest BCUT2D eigenvalue weighted by molar-refractivity contribution is 7.48. The van der Waals surface area contributed by atoms with Crippen molar-refractivity contribution >= 4 is 32.1 Å². The van der Waals surface area contributed by atoms with Crippen molar-refractivity contribution in [1.82, 2.24) is 0 Å². The van der Waals surface area contributed by atoms with Crippen molar-refractivity contribution in [3.63, 3.8) is 0 Å². The molecule has 0 aromatic carbocycles. The van der Waals surface area contributed by atoms with Crippen LogP contribution in [0.25, 0.3) is 0 Å². The number of nitriles is 1. The van der Waals surface area contributed by atoms with Crippen molar-refractivity contribution in [3.05, 3.63) is 0 Å². The van der Waals surface area contributed by atoms with Gasteiger partial charge in [-0.05, 0) is 55.4 Å². The lowest BCUT2D eigenvalue weighted by Gasteiger charge is -2.38. The molecule has 1 rings (SSSR count). The van der Waals surface area contributed by atoms with Crippen LogP contribution >= 0.6 is 7.82 Å². The van der Waals surface area contributed by atoms with Crippen molar-refractivity contribution in [2.75, 3.05) is 27.0 Å². The summed E-state index contributed by atoms with van der Waals surface area (Å²) >= 11 is 0. The number of hydrogen-bond acceptors (Lipinski definition) is 15. The van der Waals surface area contributed by atoms with Crippen LogP contribution in [0.1, 0.15) is 55.4 Å². The van der Waals surface area contributed by atoms with Crippen molar-refractivity contribution in [3.8, 4) is 6.07 Å². The lowest BCUT2D eigenvalue weighted by Crippen LogP contribution is -2.47. The molecule has 3 unspecified atom stereocenters. The highest BCUT2D eigenvalue weighted by Crippen LogP contribution is 2.51. The van der Waals surface area contributed by atoms with Gasteiger partial charge in [-0.2, -0.15) is 5.26 Å². The lowest BCUT2D eigenvalue weighted by molar-refractivity contribution is -0.170. The van der Waals surface area contributed by atoms with Crippen LogP contribution in [0.2, 0.25) is 0 Å². The van der Waals surface area contributed by atoms with Crippen molar-refractivity contribution in [1.29, 1.82) is 5.26 Å². The number of carbonyl (C=O) groups excluding carboxylic acids is 3. The van der Waals surface area contributed by atoms with Gasteiger partial charge in [-0.15, -0.1) is 0 Å². The number of carbonyl (C=O) groups is 4. The first-order valence-electron chi connectivity index (χ1n) is 12.5. The van der Waals surface area contributed by atoms with Crippen LogP contribution in [0, 0.1) is 34.0 Å². The normalized spacial score (nSPS) is 19.4. The van der Waals surface area contributed by atoms with E-state index in [1.165, 1.54) is 27.7 Å². The van der Waals surface area contributed by atoms with Crippen molar-refractivity contribution in [2.24, 2.45) is 22.7 Å². The Bertz CT molecular complexity index is 987. The molecule has 41 heavy (non-hydrogen) atoms. The number of rotatable bonds is 15. The Labute approximate surface area is 238 Å². The molecule has 1 saturated heterocycles. The van der Waals surface area contributed by atoms with E-state index in [2.05, 4.69) is 9.47 Å². The summed E-state index contributed by atoms with van der Waals surface area (Å²) in [6.07, 6.45) is -4.44. The molecule has 1 aliphatic heterocycles. The molecule has 0 radical (unpaired) electrons. The molecule has 1 fully saturated rings. The van der Waals surface area contributed by atoms with E-state index < -0.39 is 93.4 Å². The van der Waals surface area contributed by atoms with E-state index in [-0.39, 0.29) is 6.61 Å². The summed E-state index contributed by atoms with van der Waals surface area (Å²) < 4.78 is 57.1. The maximum Gasteiger partial charge on any atom is 0.510 e. The molecule has 234 valence electrons. The van der Waals surface area contributed by atoms with Crippen LogP contribution in [0.5, 0.6) is 0 Å². The zero-order valence-electron chi connectivity index (χ0n) is 24.3. The molecule has 0 aromatic rings. The maximum absolute atomic E-state index is 13.1. The molecule has 0 spiro atoms. The van der Waals surface area contributed by atoms with E-state index in [1.54, 1.807) is 27.7 Å². The Morgan fingerprint density at radius 2 is 1.32 bits per heavy atom. The minimum absolute atomic E-state index is 0.0786. The van der Waals surface area contributed by atoms with Gasteiger partial charge < -0.3 is 33.5 Å². The summed E-state index contributed by atoms with van der Waals surface area (Å²) in [6, 6.07) is 1.94. The van der Waals surface area contributed by atoms with Gasteiger partial charge in [-0.1, -0.05) is 0 Å². The molecule has 1 aliphatic rings. The molecule has 17 heteroatoms. The second-order valence-corrected chi connectivity index (χ2v) is 12.2. The van der Waals surface area contributed by atoms with E-state index in [4.69, 9.17) is 32.5 Å². The summed E-state index contributed by atoms with van der Waals surface area (Å²) in [5.74, 6) is -3.72. The molecule has 0 aliphatic carbocycles. The van der Waals surface area contributed by atoms with Gasteiger partial charge in [0.25, 0.3) is 0 Å². The second kappa shape index (κ2) is 15.3. The van der Waals surface area contributed by atoms with Gasteiger partial charge in [0.2, 0.25) is 20.4 Å². The fourth-order valence-electron chi connectivity index (χ4n) is 3.75. The number of phosphoric acid groups is 1. The van der Waals surface area contributed by atoms with E-state index >= 15 is 0 Å². The van der Waals surface area contributed by atoms with Crippen LogP contribution in [-0.2, 0) is 56.1 Å². The Kier molecular flexibility index (Phi) is 13.5. The lowest BCUT2D eigenvalue weighted by atomic mass is 9.62. The smallest absolute Gasteiger partial charge is 0.481 e. The number of phosphoric ester groups is 1. The maximum atomic E-state index is 13.1. The third-order valence-corrected chi connectivity index (χ3v) is 7.28. The molecule has 0 aromatic heterocycles. The van der Waals surface area contributed by atoms with Crippen LogP contribution in [-0.4, -0.2) is 74.7 Å². The van der Waals surface area contributed by atoms with Gasteiger partial charge in [-0.25, -0.2) is 27.7 Å². The predicted molar refractivity (Wildman–Crippen MR) is 134 cm³/mol. The summed E-state index contributed by atoms with van der Waals surface area (Å²) in [5.41, 5.74) is -2.83. The number of ether oxygens (including phenoxy) is 6. The van der Waals surface area contributed by atoms with Crippen LogP contribution in [0.15, 0.2) is 0 Å². The monoisotopic (exact) mass is 611 g/mol. The topological polar surface area (TPSA) is 212 Å². The Morgan fingerprint density at radius 1 is 0.878 bits per heavy atom. The number of carboxylic acid groups (broad SMARTS) is 1. The summed E-state index contributed by atoms with van der Waals surface area (Å²) in [7, 11) is -4.70. The molecule has 1 heterocycles. The van der Waals surface area contributed by atoms with E-state index in [9.17, 15) is 34.1 Å². The van der Waals surface area contributed by atoms with E-state index in [0.717, 1.165) is 0 Å². The minimum Gasteiger partial charge on any atom is -0.481 e. The zero-order chi connectivity index (χ0) is 31.6. The number of nitrogens with zero attached hydrogens (tertiary/aromatic N) is 1. The van der Waals surface area contributed by atoms with Gasteiger partial charge in [0, 0.05) is 11.8 Å². The first kappa shape index (κ1) is 36.1. The molecular formula is C24H38NO15P. The summed E-state index contributed by atoms with van der Waals surface area (Å²) in [6.45, 7) is 8.99. The first-order chi connectivity index (χ1) is 18.9. The van der Waals surface area contributed by atoms with Gasteiger partial charge in [-0.3, -0.25) is 9.59 Å². The summed E-state index contributed by atoms with van der Waals surface area (Å²) in [5, 5.41) is 19.3. The van der Waals surface area contributed by atoms with Gasteiger partial charge in [0.05, 0.1) is 35.7 Å². The second-order valence-electron chi connectivity index (χ2n) is 10.5. The van der Waals surface area contributed by atoms with Gasteiger partial charge in [0.15, 0.2) is 0 Å². The Hall–Kier alpha value is -2.96. The van der Waals surface area contributed by atoms with E-state index in [0.29, 0.717) is 0 Å². The quantitative estimate of drug-likeness (QED) is 0.120. The standard InChI is InChI=1S/C24H38NO15P/c1-14(2)39-21(29)34-12-37-41(31,38-13-35-22(30)40-15(3)4)36-11-33-20(28)24(7,8)18-16(10-32-17(18)9-25)23(5,6)19(26)27/h14-18H,10-13H2,1-8H3,(H,26,27). The third kappa shape index (κ3) is 10.8. The average Bonchev–Trinajstić information content (AvgIpc) is 3.29. The third-order valence-electron chi connectivity index (χ3n) is 6.02. The molecule has 0 bridgehead atoms. The highest BCUT2D eigenvalue weighted by Gasteiger charge is 2.57. The van der Waals surface area contributed by atoms with Gasteiger partial charge >= 0.3 is 32.1 Å². The first-order valence-corrected chi connectivity index (χ1v) is 14.0. The Morgan fingerprint density at radius 3 is 1.71 bits per heavy atom. The Balaban J connectivity index is 2.94. The van der Waals surface area contributed by atoms with Crippen molar-refractivity contribution in [2.45, 2.75) is 73.7 Å². The predicted octanol–water partition coefficient (Wildman–Crippen LogP) is 3.97. The van der Waals surface area contributed by atoms with Crippen LogP contribution in [0.3, 0.4) is 0 Å².